The molecule has 0 bridgehead atoms. The molecule has 0 saturated carbocycles. The number of nitrogens with one attached hydrogen (secondary N) is 1. The number of carbonyl (C=O) groups excluding carboxylic acids is 1. The minimum Gasteiger partial charge on any atom is -0.481 e. The summed E-state index contributed by atoms with van der Waals surface area (Å²) in [6.07, 6.45) is 1.93. The van der Waals surface area contributed by atoms with Crippen LogP contribution in [0.15, 0.2) is 24.3 Å². The molecule has 1 aromatic rings. The van der Waals surface area contributed by atoms with Crippen LogP contribution < -0.4 is 10.1 Å². The van der Waals surface area contributed by atoms with Crippen molar-refractivity contribution in [3.63, 3.8) is 0 Å². The zero-order valence-corrected chi connectivity index (χ0v) is 10.2. The van der Waals surface area contributed by atoms with Crippen molar-refractivity contribution in [1.82, 2.24) is 5.32 Å². The Balaban J connectivity index is 2.36. The second-order valence-corrected chi connectivity index (χ2v) is 3.98. The lowest BCUT2D eigenvalue weighted by molar-refractivity contribution is -0.123. The topological polar surface area (TPSA) is 38.3 Å². The highest BCUT2D eigenvalue weighted by Crippen LogP contribution is 2.14. The van der Waals surface area contributed by atoms with Gasteiger partial charge in [-0.2, -0.15) is 0 Å². The quantitative estimate of drug-likeness (QED) is 0.828. The fraction of sp³-hybridized carbons (Fsp3) is 0.462. The van der Waals surface area contributed by atoms with Crippen molar-refractivity contribution in [3.05, 3.63) is 30.1 Å². The van der Waals surface area contributed by atoms with Crippen LogP contribution in [-0.2, 0) is 4.79 Å². The van der Waals surface area contributed by atoms with E-state index in [0.29, 0.717) is 0 Å². The molecule has 1 N–H and O–H groups in total. The highest BCUT2D eigenvalue weighted by molar-refractivity contribution is 5.77. The first-order valence-electron chi connectivity index (χ1n) is 5.80. The van der Waals surface area contributed by atoms with Gasteiger partial charge in [-0.3, -0.25) is 4.79 Å². The van der Waals surface area contributed by atoms with E-state index in [4.69, 9.17) is 4.74 Å². The summed E-state index contributed by atoms with van der Waals surface area (Å²) in [5.41, 5.74) is 0. The highest BCUT2D eigenvalue weighted by Gasteiger charge is 2.08. The first kappa shape index (κ1) is 13.5. The van der Waals surface area contributed by atoms with Gasteiger partial charge in [-0.1, -0.05) is 25.5 Å². The molecule has 0 saturated heterocycles. The maximum Gasteiger partial charge on any atom is 0.258 e. The third-order valence-electron chi connectivity index (χ3n) is 2.32. The van der Waals surface area contributed by atoms with Crippen molar-refractivity contribution in [1.29, 1.82) is 0 Å². The van der Waals surface area contributed by atoms with E-state index in [1.54, 1.807) is 12.1 Å². The number of ether oxygens (including phenoxy) is 1. The third kappa shape index (κ3) is 4.85. The van der Waals surface area contributed by atoms with E-state index in [-0.39, 0.29) is 24.3 Å². The van der Waals surface area contributed by atoms with Crippen LogP contribution in [0.3, 0.4) is 0 Å². The van der Waals surface area contributed by atoms with Gasteiger partial charge in [-0.05, 0) is 25.5 Å². The molecule has 0 aromatic heterocycles. The van der Waals surface area contributed by atoms with Gasteiger partial charge in [0, 0.05) is 6.04 Å². The Morgan fingerprint density at radius 3 is 2.82 bits per heavy atom. The molecule has 0 fully saturated rings. The summed E-state index contributed by atoms with van der Waals surface area (Å²) >= 11 is 0. The lowest BCUT2D eigenvalue weighted by atomic mass is 10.2. The molecular weight excluding hydrogens is 221 g/mol. The van der Waals surface area contributed by atoms with Crippen LogP contribution in [-0.4, -0.2) is 18.6 Å². The van der Waals surface area contributed by atoms with Crippen LogP contribution in [0.2, 0.25) is 0 Å². The minimum absolute atomic E-state index is 0.103. The Labute approximate surface area is 101 Å². The van der Waals surface area contributed by atoms with Crippen molar-refractivity contribution in [3.8, 4) is 5.75 Å². The SMILES string of the molecule is CCC[C@H](C)NC(=O)COc1ccccc1F. The number of benzene rings is 1. The van der Waals surface area contributed by atoms with Crippen LogP contribution in [0.25, 0.3) is 0 Å². The van der Waals surface area contributed by atoms with Crippen LogP contribution >= 0.6 is 0 Å². The first-order chi connectivity index (χ1) is 8.13. The molecule has 17 heavy (non-hydrogen) atoms. The zero-order valence-electron chi connectivity index (χ0n) is 10.2. The number of amides is 1. The molecular formula is C13H18FNO2. The highest BCUT2D eigenvalue weighted by atomic mass is 19.1. The lowest BCUT2D eigenvalue weighted by Gasteiger charge is -2.13. The molecule has 0 spiro atoms. The number of halogens is 1. The van der Waals surface area contributed by atoms with Gasteiger partial charge in [-0.25, -0.2) is 4.39 Å². The predicted molar refractivity (Wildman–Crippen MR) is 64.4 cm³/mol. The molecule has 1 amide bonds. The second kappa shape index (κ2) is 6.89. The van der Waals surface area contributed by atoms with Gasteiger partial charge in [0.05, 0.1) is 0 Å². The van der Waals surface area contributed by atoms with Crippen molar-refractivity contribution in [2.75, 3.05) is 6.61 Å². The first-order valence-corrected chi connectivity index (χ1v) is 5.80. The van der Waals surface area contributed by atoms with Crippen molar-refractivity contribution < 1.29 is 13.9 Å². The van der Waals surface area contributed by atoms with Crippen LogP contribution in [0.4, 0.5) is 4.39 Å². The molecule has 1 atom stereocenters. The lowest BCUT2D eigenvalue weighted by Crippen LogP contribution is -2.36. The summed E-state index contributed by atoms with van der Waals surface area (Å²) in [5, 5.41) is 2.78. The zero-order chi connectivity index (χ0) is 12.7. The van der Waals surface area contributed by atoms with Gasteiger partial charge in [0.2, 0.25) is 0 Å². The summed E-state index contributed by atoms with van der Waals surface area (Å²) in [5.74, 6) is -0.582. The summed E-state index contributed by atoms with van der Waals surface area (Å²) in [6, 6.07) is 6.16. The predicted octanol–water partition coefficient (Wildman–Crippen LogP) is 2.51. The maximum atomic E-state index is 13.2. The fourth-order valence-electron chi connectivity index (χ4n) is 1.53. The molecule has 0 unspecified atom stereocenters. The smallest absolute Gasteiger partial charge is 0.258 e. The standard InChI is InChI=1S/C13H18FNO2/c1-3-6-10(2)15-13(16)9-17-12-8-5-4-7-11(12)14/h4-5,7-8,10H,3,6,9H2,1-2H3,(H,15,16)/t10-/m0/s1. The van der Waals surface area contributed by atoms with Crippen molar-refractivity contribution >= 4 is 5.91 Å². The van der Waals surface area contributed by atoms with E-state index in [1.807, 2.05) is 6.92 Å². The summed E-state index contributed by atoms with van der Waals surface area (Å²) in [7, 11) is 0. The van der Waals surface area contributed by atoms with E-state index in [1.165, 1.54) is 12.1 Å². The van der Waals surface area contributed by atoms with Gasteiger partial charge < -0.3 is 10.1 Å². The average molecular weight is 239 g/mol. The Bertz CT molecular complexity index is 368. The Morgan fingerprint density at radius 2 is 2.18 bits per heavy atom. The van der Waals surface area contributed by atoms with Gasteiger partial charge in [0.1, 0.15) is 0 Å². The van der Waals surface area contributed by atoms with E-state index in [0.717, 1.165) is 12.8 Å². The van der Waals surface area contributed by atoms with E-state index < -0.39 is 5.82 Å². The number of para-hydroxylation sites is 1. The number of carbonyl (C=O) groups is 1. The minimum atomic E-state index is -0.457. The number of hydrogen-bond acceptors (Lipinski definition) is 2. The largest absolute Gasteiger partial charge is 0.481 e. The summed E-state index contributed by atoms with van der Waals surface area (Å²) < 4.78 is 18.3. The van der Waals surface area contributed by atoms with Crippen LogP contribution in [0, 0.1) is 5.82 Å². The average Bonchev–Trinajstić information content (AvgIpc) is 2.28. The van der Waals surface area contributed by atoms with E-state index in [9.17, 15) is 9.18 Å². The molecule has 1 aromatic carbocycles. The van der Waals surface area contributed by atoms with Crippen molar-refractivity contribution in [2.45, 2.75) is 32.7 Å². The van der Waals surface area contributed by atoms with Crippen LogP contribution in [0.5, 0.6) is 5.75 Å². The molecule has 3 nitrogen and oxygen atoms in total. The molecule has 1 rings (SSSR count). The van der Waals surface area contributed by atoms with Gasteiger partial charge in [-0.15, -0.1) is 0 Å². The third-order valence-corrected chi connectivity index (χ3v) is 2.32. The number of rotatable bonds is 6. The molecule has 4 heteroatoms. The fourth-order valence-corrected chi connectivity index (χ4v) is 1.53. The maximum absolute atomic E-state index is 13.2. The van der Waals surface area contributed by atoms with E-state index in [2.05, 4.69) is 12.2 Å². The second-order valence-electron chi connectivity index (χ2n) is 3.98. The Morgan fingerprint density at radius 1 is 1.47 bits per heavy atom. The van der Waals surface area contributed by atoms with Gasteiger partial charge in [0.15, 0.2) is 18.2 Å². The summed E-state index contributed by atoms with van der Waals surface area (Å²) in [4.78, 5) is 11.5. The Hall–Kier alpha value is -1.58. The van der Waals surface area contributed by atoms with E-state index >= 15 is 0 Å². The van der Waals surface area contributed by atoms with Crippen molar-refractivity contribution in [2.24, 2.45) is 0 Å². The van der Waals surface area contributed by atoms with Gasteiger partial charge >= 0.3 is 0 Å². The Kier molecular flexibility index (Phi) is 5.46. The monoisotopic (exact) mass is 239 g/mol. The molecule has 94 valence electrons. The molecule has 0 aliphatic carbocycles. The number of hydrogen-bond donors (Lipinski definition) is 1. The normalized spacial score (nSPS) is 11.9. The summed E-state index contributed by atoms with van der Waals surface area (Å²) in [6.45, 7) is 3.83. The van der Waals surface area contributed by atoms with Crippen LogP contribution in [0.1, 0.15) is 26.7 Å². The molecule has 0 radical (unpaired) electrons. The van der Waals surface area contributed by atoms with Gasteiger partial charge in [0.25, 0.3) is 5.91 Å². The molecule has 0 heterocycles. The molecule has 0 aliphatic rings. The molecule has 0 aliphatic heterocycles.